The van der Waals surface area contributed by atoms with Gasteiger partial charge in [-0.05, 0) is 33.6 Å². The Labute approximate surface area is 70.3 Å². The minimum Gasteiger partial charge on any atom is -0.103 e. The van der Waals surface area contributed by atoms with Gasteiger partial charge in [-0.25, -0.2) is 0 Å². The van der Waals surface area contributed by atoms with Gasteiger partial charge in [0.25, 0.3) is 0 Å². The molecule has 0 spiro atoms. The summed E-state index contributed by atoms with van der Waals surface area (Å²) < 4.78 is 0. The molecule has 0 unspecified atom stereocenters. The lowest BCUT2D eigenvalue weighted by atomic mass is 10.1. The van der Waals surface area contributed by atoms with Gasteiger partial charge in [0.05, 0.1) is 0 Å². The van der Waals surface area contributed by atoms with Crippen LogP contribution in [0.25, 0.3) is 0 Å². The molecule has 0 aliphatic carbocycles. The van der Waals surface area contributed by atoms with Crippen molar-refractivity contribution in [1.29, 1.82) is 0 Å². The van der Waals surface area contributed by atoms with Gasteiger partial charge in [-0.15, -0.1) is 6.58 Å². The van der Waals surface area contributed by atoms with Crippen molar-refractivity contribution in [2.75, 3.05) is 0 Å². The van der Waals surface area contributed by atoms with Crippen LogP contribution in [0.15, 0.2) is 36.0 Å². The number of hydrogen-bond donors (Lipinski definition) is 0. The molecule has 0 bridgehead atoms. The molecule has 0 rings (SSSR count). The quantitative estimate of drug-likeness (QED) is 0.534. The third kappa shape index (κ3) is 5.65. The van der Waals surface area contributed by atoms with Crippen LogP contribution < -0.4 is 0 Å². The van der Waals surface area contributed by atoms with Crippen molar-refractivity contribution in [1.82, 2.24) is 0 Å². The smallest absolute Gasteiger partial charge is 0.0133 e. The van der Waals surface area contributed by atoms with Crippen LogP contribution in [0.3, 0.4) is 0 Å². The average Bonchev–Trinajstić information content (AvgIpc) is 1.97. The molecule has 0 saturated heterocycles. The van der Waals surface area contributed by atoms with Crippen LogP contribution in [0, 0.1) is 0 Å². The molecule has 0 aromatic heterocycles. The molecule has 0 fully saturated rings. The maximum atomic E-state index is 3.71. The van der Waals surface area contributed by atoms with Crippen LogP contribution in [0.5, 0.6) is 0 Å². The van der Waals surface area contributed by atoms with Crippen molar-refractivity contribution in [2.24, 2.45) is 0 Å². The van der Waals surface area contributed by atoms with Gasteiger partial charge in [0, 0.05) is 0 Å². The second kappa shape index (κ2) is 5.96. The van der Waals surface area contributed by atoms with E-state index < -0.39 is 0 Å². The average molecular weight is 150 g/mol. The molecule has 0 heteroatoms. The Morgan fingerprint density at radius 1 is 1.27 bits per heavy atom. The van der Waals surface area contributed by atoms with E-state index in [1.807, 2.05) is 6.08 Å². The fourth-order valence-corrected chi connectivity index (χ4v) is 0.840. The monoisotopic (exact) mass is 150 g/mol. The second-order valence-electron chi connectivity index (χ2n) is 2.93. The van der Waals surface area contributed by atoms with Crippen LogP contribution in [0.4, 0.5) is 0 Å². The highest BCUT2D eigenvalue weighted by Crippen LogP contribution is 2.09. The lowest BCUT2D eigenvalue weighted by Gasteiger charge is -1.98. The first kappa shape index (κ1) is 10.2. The van der Waals surface area contributed by atoms with Gasteiger partial charge in [0.1, 0.15) is 0 Å². The van der Waals surface area contributed by atoms with E-state index in [0.29, 0.717) is 0 Å². The summed E-state index contributed by atoms with van der Waals surface area (Å²) >= 11 is 0. The molecule has 0 N–H and O–H groups in total. The van der Waals surface area contributed by atoms with E-state index >= 15 is 0 Å². The van der Waals surface area contributed by atoms with E-state index in [1.54, 1.807) is 0 Å². The number of hydrogen-bond acceptors (Lipinski definition) is 0. The predicted octanol–water partition coefficient (Wildman–Crippen LogP) is 3.87. The third-order valence-electron chi connectivity index (χ3n) is 1.59. The molecule has 11 heavy (non-hydrogen) atoms. The minimum absolute atomic E-state index is 1.01. The van der Waals surface area contributed by atoms with Crippen molar-refractivity contribution in [3.63, 3.8) is 0 Å². The highest BCUT2D eigenvalue weighted by molar-refractivity contribution is 5.11. The van der Waals surface area contributed by atoms with Crippen molar-refractivity contribution >= 4 is 0 Å². The summed E-state index contributed by atoms with van der Waals surface area (Å²) in [6.07, 6.45) is 8.46. The van der Waals surface area contributed by atoms with E-state index in [0.717, 1.165) is 12.8 Å². The minimum atomic E-state index is 1.01. The molecule has 0 heterocycles. The van der Waals surface area contributed by atoms with Crippen molar-refractivity contribution < 1.29 is 0 Å². The van der Waals surface area contributed by atoms with E-state index in [2.05, 4.69) is 39.5 Å². The van der Waals surface area contributed by atoms with Gasteiger partial charge in [-0.1, -0.05) is 29.4 Å². The summed E-state index contributed by atoms with van der Waals surface area (Å²) in [7, 11) is 0. The van der Waals surface area contributed by atoms with E-state index in [1.165, 1.54) is 11.1 Å². The summed E-state index contributed by atoms with van der Waals surface area (Å²) in [6, 6.07) is 0. The molecule has 0 aliphatic heterocycles. The first-order valence-electron chi connectivity index (χ1n) is 4.09. The molecule has 0 aromatic carbocycles. The lowest BCUT2D eigenvalue weighted by molar-refractivity contribution is 1.08. The maximum absolute atomic E-state index is 3.71. The number of rotatable bonds is 4. The van der Waals surface area contributed by atoms with Crippen LogP contribution in [-0.2, 0) is 0 Å². The molecule has 0 saturated carbocycles. The Bertz CT molecular complexity index is 166. The molecule has 0 aromatic rings. The Hall–Kier alpha value is -0.780. The second-order valence-corrected chi connectivity index (χ2v) is 2.93. The number of allylic oxidation sites excluding steroid dienone is 5. The molecule has 0 atom stereocenters. The van der Waals surface area contributed by atoms with Crippen LogP contribution in [-0.4, -0.2) is 0 Å². The molecule has 62 valence electrons. The van der Waals surface area contributed by atoms with Gasteiger partial charge >= 0.3 is 0 Å². The molecule has 0 nitrogen and oxygen atoms in total. The van der Waals surface area contributed by atoms with E-state index in [-0.39, 0.29) is 0 Å². The Kier molecular flexibility index (Phi) is 5.54. The topological polar surface area (TPSA) is 0 Å². The summed E-state index contributed by atoms with van der Waals surface area (Å²) in [6.45, 7) is 10.0. The molecule has 0 amide bonds. The largest absolute Gasteiger partial charge is 0.103 e. The zero-order chi connectivity index (χ0) is 8.69. The van der Waals surface area contributed by atoms with Crippen molar-refractivity contribution in [3.8, 4) is 0 Å². The van der Waals surface area contributed by atoms with E-state index in [4.69, 9.17) is 0 Å². The molecular formula is C11H18. The normalized spacial score (nSPS) is 11.0. The van der Waals surface area contributed by atoms with Crippen LogP contribution >= 0.6 is 0 Å². The summed E-state index contributed by atoms with van der Waals surface area (Å²) in [5, 5.41) is 0. The van der Waals surface area contributed by atoms with Crippen molar-refractivity contribution in [2.45, 2.75) is 33.6 Å². The Balaban J connectivity index is 3.90. The predicted molar refractivity (Wildman–Crippen MR) is 52.6 cm³/mol. The zero-order valence-corrected chi connectivity index (χ0v) is 7.85. The maximum Gasteiger partial charge on any atom is -0.0133 e. The van der Waals surface area contributed by atoms with Crippen LogP contribution in [0.1, 0.15) is 33.6 Å². The fraction of sp³-hybridized carbons (Fsp3) is 0.455. The summed E-state index contributed by atoms with van der Waals surface area (Å²) in [5.41, 5.74) is 2.83. The highest BCUT2D eigenvalue weighted by Gasteiger charge is 1.89. The highest BCUT2D eigenvalue weighted by atomic mass is 13.9. The molecule has 0 radical (unpaired) electrons. The van der Waals surface area contributed by atoms with Gasteiger partial charge < -0.3 is 0 Å². The summed E-state index contributed by atoms with van der Waals surface area (Å²) in [4.78, 5) is 0. The fourth-order valence-electron chi connectivity index (χ4n) is 0.840. The molecular weight excluding hydrogens is 132 g/mol. The zero-order valence-electron chi connectivity index (χ0n) is 7.85. The summed E-state index contributed by atoms with van der Waals surface area (Å²) in [5.74, 6) is 0. The first-order chi connectivity index (χ1) is 5.20. The van der Waals surface area contributed by atoms with E-state index in [9.17, 15) is 0 Å². The Morgan fingerprint density at radius 3 is 2.27 bits per heavy atom. The third-order valence-corrected chi connectivity index (χ3v) is 1.59. The lowest BCUT2D eigenvalue weighted by Crippen LogP contribution is -1.78. The van der Waals surface area contributed by atoms with Crippen LogP contribution in [0.2, 0.25) is 0 Å². The SMILES string of the molecule is C=CC/C(=C/C)CC=C(C)C. The molecule has 0 aliphatic rings. The standard InChI is InChI=1S/C11H18/c1-5-7-11(6-2)9-8-10(3)4/h5-6,8H,1,7,9H2,2-4H3/b11-6-. The van der Waals surface area contributed by atoms with Gasteiger partial charge in [0.15, 0.2) is 0 Å². The van der Waals surface area contributed by atoms with Gasteiger partial charge in [0.2, 0.25) is 0 Å². The van der Waals surface area contributed by atoms with Crippen molar-refractivity contribution in [3.05, 3.63) is 36.0 Å². The first-order valence-corrected chi connectivity index (χ1v) is 4.09. The van der Waals surface area contributed by atoms with Gasteiger partial charge in [-0.3, -0.25) is 0 Å². The van der Waals surface area contributed by atoms with Gasteiger partial charge in [-0.2, -0.15) is 0 Å². The Morgan fingerprint density at radius 2 is 1.91 bits per heavy atom.